The van der Waals surface area contributed by atoms with Crippen molar-refractivity contribution in [2.24, 2.45) is 0 Å². The molecule has 5 heteroatoms. The fourth-order valence-corrected chi connectivity index (χ4v) is 11.8. The lowest BCUT2D eigenvalue weighted by Gasteiger charge is -2.15. The van der Waals surface area contributed by atoms with Crippen molar-refractivity contribution in [2.75, 3.05) is 13.2 Å². The van der Waals surface area contributed by atoms with E-state index in [4.69, 9.17) is 9.47 Å². The van der Waals surface area contributed by atoms with Crippen LogP contribution in [0.2, 0.25) is 0 Å². The van der Waals surface area contributed by atoms with E-state index in [1.54, 1.807) is 0 Å². The third-order valence-electron chi connectivity index (χ3n) is 17.8. The molecule has 0 fully saturated rings. The highest BCUT2D eigenvalue weighted by atomic mass is 16.6. The molecule has 0 amide bonds. The first-order chi connectivity index (χ1) is 47.6. The van der Waals surface area contributed by atoms with Crippen molar-refractivity contribution in [1.82, 2.24) is 0 Å². The van der Waals surface area contributed by atoms with E-state index in [0.29, 0.717) is 12.8 Å². The molecule has 0 spiro atoms. The van der Waals surface area contributed by atoms with Crippen molar-refractivity contribution in [3.8, 4) is 0 Å². The first kappa shape index (κ1) is 91.5. The fourth-order valence-electron chi connectivity index (χ4n) is 11.8. The van der Waals surface area contributed by atoms with Gasteiger partial charge in [0.2, 0.25) is 0 Å². The lowest BCUT2D eigenvalue weighted by atomic mass is 10.0. The maximum Gasteiger partial charge on any atom is 0.306 e. The van der Waals surface area contributed by atoms with Gasteiger partial charge in [-0.2, -0.15) is 0 Å². The molecule has 0 aliphatic carbocycles. The number of esters is 2. The number of allylic oxidation sites excluding steroid dienone is 26. The summed E-state index contributed by atoms with van der Waals surface area (Å²) < 4.78 is 10.8. The summed E-state index contributed by atoms with van der Waals surface area (Å²) in [6.07, 6.45) is 129. The summed E-state index contributed by atoms with van der Waals surface area (Å²) >= 11 is 0. The normalized spacial score (nSPS) is 13.1. The number of rotatable bonds is 75. The Hall–Kier alpha value is -4.48. The van der Waals surface area contributed by atoms with Crippen molar-refractivity contribution in [3.63, 3.8) is 0 Å². The number of hydrogen-bond acceptors (Lipinski definition) is 5. The third-order valence-corrected chi connectivity index (χ3v) is 17.8. The molecule has 0 aliphatic heterocycles. The minimum absolute atomic E-state index is 0.0660. The van der Waals surface area contributed by atoms with Gasteiger partial charge in [0, 0.05) is 12.8 Å². The van der Waals surface area contributed by atoms with Crippen molar-refractivity contribution in [1.29, 1.82) is 0 Å². The van der Waals surface area contributed by atoms with Crippen LogP contribution in [0.1, 0.15) is 386 Å². The second-order valence-electron chi connectivity index (χ2n) is 27.1. The van der Waals surface area contributed by atoms with Crippen LogP contribution in [0.4, 0.5) is 0 Å². The number of unbranched alkanes of at least 4 members (excludes halogenated alkanes) is 41. The SMILES string of the molecule is CC/C=C\C/C=C\C/C=C\C/C=C\C/C=C\C/C=C\C/C=C\CCCCCCCCCCCCCCCCCCCCCC(=O)OC(CO)COC(=O)CCCCCCCCCCCCCCCCCCCCCCCC/C=C\C/C=C\C/C=C\C/C=C\C/C=C\C/C=C\CC. The number of hydrogen-bond donors (Lipinski definition) is 1. The van der Waals surface area contributed by atoms with Crippen LogP contribution in [0.3, 0.4) is 0 Å². The molecule has 0 heterocycles. The molecule has 96 heavy (non-hydrogen) atoms. The van der Waals surface area contributed by atoms with E-state index in [1.807, 2.05) is 0 Å². The summed E-state index contributed by atoms with van der Waals surface area (Å²) in [6.45, 7) is 3.95. The molecular weight excluding hydrogens is 1170 g/mol. The molecule has 0 saturated heterocycles. The topological polar surface area (TPSA) is 72.8 Å². The maximum atomic E-state index is 12.4. The van der Waals surface area contributed by atoms with Crippen LogP contribution in [-0.2, 0) is 19.1 Å². The summed E-state index contributed by atoms with van der Waals surface area (Å²) in [5.41, 5.74) is 0. The van der Waals surface area contributed by atoms with Crippen LogP contribution < -0.4 is 0 Å². The van der Waals surface area contributed by atoms with E-state index in [9.17, 15) is 14.7 Å². The number of carbonyl (C=O) groups is 2. The molecule has 1 atom stereocenters. The van der Waals surface area contributed by atoms with Gasteiger partial charge in [0.25, 0.3) is 0 Å². The molecule has 0 aromatic carbocycles. The largest absolute Gasteiger partial charge is 0.462 e. The Balaban J connectivity index is 3.43. The molecule has 0 saturated carbocycles. The van der Waals surface area contributed by atoms with Crippen LogP contribution in [-0.4, -0.2) is 36.4 Å². The summed E-state index contributed by atoms with van der Waals surface area (Å²) in [4.78, 5) is 24.7. The van der Waals surface area contributed by atoms with Gasteiger partial charge in [-0.15, -0.1) is 0 Å². The average Bonchev–Trinajstić information content (AvgIpc) is 3.79. The van der Waals surface area contributed by atoms with E-state index < -0.39 is 6.10 Å². The number of aliphatic hydroxyl groups is 1. The van der Waals surface area contributed by atoms with Gasteiger partial charge in [-0.1, -0.05) is 409 Å². The lowest BCUT2D eigenvalue weighted by molar-refractivity contribution is -0.161. The van der Waals surface area contributed by atoms with Crippen molar-refractivity contribution < 1.29 is 24.2 Å². The number of aliphatic hydroxyl groups excluding tert-OH is 1. The van der Waals surface area contributed by atoms with Gasteiger partial charge in [-0.05, 0) is 122 Å². The van der Waals surface area contributed by atoms with Crippen molar-refractivity contribution >= 4 is 11.9 Å². The Morgan fingerprint density at radius 2 is 0.417 bits per heavy atom. The summed E-state index contributed by atoms with van der Waals surface area (Å²) in [6, 6.07) is 0. The van der Waals surface area contributed by atoms with Crippen LogP contribution in [0, 0.1) is 0 Å². The molecule has 1 unspecified atom stereocenters. The smallest absolute Gasteiger partial charge is 0.306 e. The highest BCUT2D eigenvalue weighted by molar-refractivity contribution is 5.70. The first-order valence-electron chi connectivity index (χ1n) is 41.0. The molecule has 0 aliphatic rings. The molecule has 0 bridgehead atoms. The van der Waals surface area contributed by atoms with Gasteiger partial charge >= 0.3 is 11.9 Å². The lowest BCUT2D eigenvalue weighted by Crippen LogP contribution is -2.28. The van der Waals surface area contributed by atoms with E-state index in [0.717, 1.165) is 122 Å². The second kappa shape index (κ2) is 84.7. The highest BCUT2D eigenvalue weighted by Gasteiger charge is 2.16. The van der Waals surface area contributed by atoms with E-state index in [1.165, 1.54) is 238 Å². The van der Waals surface area contributed by atoms with Crippen LogP contribution in [0.15, 0.2) is 158 Å². The van der Waals surface area contributed by atoms with Gasteiger partial charge in [0.05, 0.1) is 6.61 Å². The monoisotopic (exact) mass is 1330 g/mol. The molecule has 548 valence electrons. The number of carbonyl (C=O) groups excluding carboxylic acids is 2. The van der Waals surface area contributed by atoms with Gasteiger partial charge in [-0.25, -0.2) is 0 Å². The third kappa shape index (κ3) is 81.9. The highest BCUT2D eigenvalue weighted by Crippen LogP contribution is 2.19. The van der Waals surface area contributed by atoms with Gasteiger partial charge < -0.3 is 14.6 Å². The number of ether oxygens (including phenoxy) is 2. The fraction of sp³-hybridized carbons (Fsp3) is 0.692. The molecule has 1 N–H and O–H groups in total. The molecule has 5 nitrogen and oxygen atoms in total. The summed E-state index contributed by atoms with van der Waals surface area (Å²) in [5.74, 6) is -0.576. The van der Waals surface area contributed by atoms with Crippen molar-refractivity contribution in [2.45, 2.75) is 392 Å². The molecular formula is C91H154O5. The Morgan fingerprint density at radius 1 is 0.240 bits per heavy atom. The molecule has 0 rings (SSSR count). The van der Waals surface area contributed by atoms with Crippen molar-refractivity contribution in [3.05, 3.63) is 158 Å². The first-order valence-corrected chi connectivity index (χ1v) is 41.0. The Labute approximate surface area is 596 Å². The van der Waals surface area contributed by atoms with Crippen LogP contribution in [0.5, 0.6) is 0 Å². The average molecular weight is 1330 g/mol. The summed E-state index contributed by atoms with van der Waals surface area (Å²) in [7, 11) is 0. The van der Waals surface area contributed by atoms with Crippen LogP contribution >= 0.6 is 0 Å². The minimum Gasteiger partial charge on any atom is -0.462 e. The second-order valence-corrected chi connectivity index (χ2v) is 27.1. The zero-order valence-corrected chi connectivity index (χ0v) is 63.1. The van der Waals surface area contributed by atoms with Gasteiger partial charge in [-0.3, -0.25) is 9.59 Å². The Morgan fingerprint density at radius 3 is 0.625 bits per heavy atom. The zero-order valence-electron chi connectivity index (χ0n) is 63.1. The summed E-state index contributed by atoms with van der Waals surface area (Å²) in [5, 5.41) is 9.74. The maximum absolute atomic E-state index is 12.4. The Kier molecular flexibility index (Phi) is 80.8. The standard InChI is InChI=1S/C91H154O5/c1-3-5-7-9-11-13-15-17-19-21-23-25-27-29-31-33-35-37-39-41-43-45-47-49-51-53-55-57-59-61-63-65-67-69-71-73-75-77-79-81-83-85-90(93)95-88-89(87-92)96-91(94)86-84-82-80-78-76-74-72-70-68-66-64-62-60-58-56-54-52-50-48-46-44-42-40-38-36-34-32-30-28-26-24-22-20-18-16-14-12-10-8-6-4-2/h5-8,11-14,17-20,23-26,29-32,35-38,42,44,89,92H,3-4,9-10,15-16,21-22,27-28,33-34,39-41,43,45-88H2,1-2H3/b7-5-,8-6-,13-11-,14-12-,19-17-,20-18-,25-23-,26-24-,31-29-,32-30-,37-35-,38-36-,44-42-. The predicted molar refractivity (Wildman–Crippen MR) is 426 cm³/mol. The minimum atomic E-state index is -0.778. The Bertz CT molecular complexity index is 2000. The van der Waals surface area contributed by atoms with Gasteiger partial charge in [0.15, 0.2) is 6.10 Å². The van der Waals surface area contributed by atoms with E-state index >= 15 is 0 Å². The van der Waals surface area contributed by atoms with E-state index in [-0.39, 0.29) is 25.2 Å². The van der Waals surface area contributed by atoms with Crippen LogP contribution in [0.25, 0.3) is 0 Å². The zero-order chi connectivity index (χ0) is 69.0. The molecule has 0 aromatic rings. The van der Waals surface area contributed by atoms with Gasteiger partial charge in [0.1, 0.15) is 6.61 Å². The molecule has 0 radical (unpaired) electrons. The van der Waals surface area contributed by atoms with E-state index in [2.05, 4.69) is 172 Å². The quantitative estimate of drug-likeness (QED) is 0.0373. The predicted octanol–water partition coefficient (Wildman–Crippen LogP) is 29.3. The molecule has 0 aromatic heterocycles.